The van der Waals surface area contributed by atoms with Crippen LogP contribution >= 0.6 is 23.2 Å². The first kappa shape index (κ1) is 35.4. The number of amides is 3. The van der Waals surface area contributed by atoms with E-state index in [4.69, 9.17) is 32.7 Å². The van der Waals surface area contributed by atoms with Crippen LogP contribution in [0, 0.1) is 11.2 Å². The summed E-state index contributed by atoms with van der Waals surface area (Å²) in [6.45, 7) is 2.77. The van der Waals surface area contributed by atoms with Gasteiger partial charge < -0.3 is 30.7 Å². The second-order valence-electron chi connectivity index (χ2n) is 13.3. The largest absolute Gasteiger partial charge is 0.496 e. The van der Waals surface area contributed by atoms with Crippen molar-refractivity contribution in [1.29, 1.82) is 0 Å². The lowest BCUT2D eigenvalue weighted by molar-refractivity contribution is -0.121. The molecule has 7 rings (SSSR count). The van der Waals surface area contributed by atoms with Crippen molar-refractivity contribution in [3.8, 4) is 28.1 Å². The van der Waals surface area contributed by atoms with Gasteiger partial charge in [-0.25, -0.2) is 14.2 Å². The van der Waals surface area contributed by atoms with Crippen molar-refractivity contribution in [3.63, 3.8) is 0 Å². The molecule has 3 fully saturated rings. The average molecular weight is 749 g/mol. The Morgan fingerprint density at radius 2 is 1.85 bits per heavy atom. The Morgan fingerprint density at radius 3 is 2.60 bits per heavy atom. The molecule has 4 aromatic rings. The summed E-state index contributed by atoms with van der Waals surface area (Å²) in [6, 6.07) is 14.0. The molecule has 12 nitrogen and oxygen atoms in total. The van der Waals surface area contributed by atoms with E-state index in [0.29, 0.717) is 87.3 Å². The molecule has 2 aromatic heterocycles. The van der Waals surface area contributed by atoms with Crippen LogP contribution in [0.2, 0.25) is 10.0 Å². The minimum absolute atomic E-state index is 0.0276. The van der Waals surface area contributed by atoms with Gasteiger partial charge in [-0.3, -0.25) is 19.5 Å². The van der Waals surface area contributed by atoms with Crippen molar-refractivity contribution in [2.24, 2.45) is 5.41 Å². The van der Waals surface area contributed by atoms with E-state index in [1.807, 2.05) is 6.07 Å². The minimum Gasteiger partial charge on any atom is -0.496 e. The van der Waals surface area contributed by atoms with Crippen molar-refractivity contribution in [1.82, 2.24) is 30.8 Å². The third-order valence-electron chi connectivity index (χ3n) is 9.61. The van der Waals surface area contributed by atoms with Crippen LogP contribution in [0.25, 0.3) is 22.4 Å². The number of carbonyl (C=O) groups is 3. The van der Waals surface area contributed by atoms with E-state index in [2.05, 4.69) is 36.1 Å². The first-order valence-corrected chi connectivity index (χ1v) is 17.6. The molecule has 0 radical (unpaired) electrons. The number of rotatable bonds is 11. The second kappa shape index (κ2) is 14.9. The molecule has 1 spiro atoms. The number of likely N-dealkylation sites (tertiary alicyclic amines) is 1. The quantitative estimate of drug-likeness (QED) is 0.149. The zero-order valence-electron chi connectivity index (χ0n) is 28.2. The van der Waals surface area contributed by atoms with Crippen LogP contribution in [0.15, 0.2) is 60.9 Å². The standard InChI is InChI=1S/C37H36Cl2FN7O5/c1-51-28-13-21(5-6-23(28)17-52-36(50)43-15-24-7-8-29(48)45-24)34-32(39)26(10-12-41-34)25-3-2-4-27(31(25)38)46-35-33(40)22(9-11-42-35)16-47-19-37(20-47)14-30(49)44-18-37/h2-6,9-13,24H,7-8,14-20H2,1H3,(H,42,46)(H,43,50)(H,44,49)(H,45,48)/t24-/m0/s1. The number of aromatic nitrogens is 2. The number of anilines is 2. The highest BCUT2D eigenvalue weighted by atomic mass is 35.5. The number of hydrogen-bond donors (Lipinski definition) is 4. The molecule has 3 aliphatic rings. The molecular weight excluding hydrogens is 712 g/mol. The fourth-order valence-corrected chi connectivity index (χ4v) is 7.58. The Bertz CT molecular complexity index is 2040. The van der Waals surface area contributed by atoms with E-state index in [1.165, 1.54) is 7.11 Å². The molecule has 4 N–H and O–H groups in total. The zero-order chi connectivity index (χ0) is 36.4. The number of ether oxygens (including phenoxy) is 2. The van der Waals surface area contributed by atoms with Crippen molar-refractivity contribution in [2.45, 2.75) is 38.5 Å². The number of methoxy groups -OCH3 is 1. The van der Waals surface area contributed by atoms with Crippen molar-refractivity contribution >= 4 is 52.6 Å². The molecule has 5 heterocycles. The lowest BCUT2D eigenvalue weighted by Crippen LogP contribution is -2.56. The van der Waals surface area contributed by atoms with Gasteiger partial charge >= 0.3 is 6.09 Å². The normalized spacial score (nSPS) is 17.7. The van der Waals surface area contributed by atoms with Crippen LogP contribution < -0.4 is 26.0 Å². The highest BCUT2D eigenvalue weighted by Crippen LogP contribution is 2.42. The number of pyridine rings is 2. The van der Waals surface area contributed by atoms with Crippen LogP contribution in [0.1, 0.15) is 30.4 Å². The third kappa shape index (κ3) is 7.48. The van der Waals surface area contributed by atoms with E-state index < -0.39 is 11.9 Å². The zero-order valence-corrected chi connectivity index (χ0v) is 29.7. The summed E-state index contributed by atoms with van der Waals surface area (Å²) in [4.78, 5) is 46.3. The number of carbonyl (C=O) groups excluding carboxylic acids is 3. The predicted molar refractivity (Wildman–Crippen MR) is 194 cm³/mol. The molecule has 270 valence electrons. The van der Waals surface area contributed by atoms with E-state index in [1.54, 1.807) is 54.9 Å². The Balaban J connectivity index is 1.04. The molecule has 52 heavy (non-hydrogen) atoms. The molecule has 3 amide bonds. The molecule has 2 aromatic carbocycles. The summed E-state index contributed by atoms with van der Waals surface area (Å²) in [5, 5.41) is 12.1. The maximum Gasteiger partial charge on any atom is 0.407 e. The van der Waals surface area contributed by atoms with Crippen molar-refractivity contribution in [2.75, 3.05) is 38.6 Å². The van der Waals surface area contributed by atoms with Crippen LogP contribution in [0.3, 0.4) is 0 Å². The average Bonchev–Trinajstić information content (AvgIpc) is 3.73. The van der Waals surface area contributed by atoms with Crippen molar-refractivity contribution < 1.29 is 28.2 Å². The number of nitrogens with zero attached hydrogens (tertiary/aromatic N) is 3. The maximum absolute atomic E-state index is 15.7. The van der Waals surface area contributed by atoms with Crippen LogP contribution in [-0.4, -0.2) is 72.1 Å². The number of halogens is 3. The Kier molecular flexibility index (Phi) is 10.2. The fourth-order valence-electron chi connectivity index (χ4n) is 6.98. The molecular formula is C37H36Cl2FN7O5. The van der Waals surface area contributed by atoms with Crippen molar-refractivity contribution in [3.05, 3.63) is 87.9 Å². The Morgan fingerprint density at radius 1 is 1.04 bits per heavy atom. The number of alkyl carbamates (subject to hydrolysis) is 1. The lowest BCUT2D eigenvalue weighted by Gasteiger charge is -2.47. The summed E-state index contributed by atoms with van der Waals surface area (Å²) >= 11 is 13.9. The van der Waals surface area contributed by atoms with E-state index in [-0.39, 0.29) is 42.2 Å². The topological polar surface area (TPSA) is 147 Å². The molecule has 0 unspecified atom stereocenters. The van der Waals surface area contributed by atoms with E-state index in [9.17, 15) is 14.4 Å². The van der Waals surface area contributed by atoms with Crippen LogP contribution in [-0.2, 0) is 27.5 Å². The second-order valence-corrected chi connectivity index (χ2v) is 14.1. The molecule has 3 aliphatic heterocycles. The Hall–Kier alpha value is -4.98. The predicted octanol–water partition coefficient (Wildman–Crippen LogP) is 5.84. The van der Waals surface area contributed by atoms with Crippen LogP contribution in [0.4, 0.5) is 20.7 Å². The van der Waals surface area contributed by atoms with Gasteiger partial charge in [0.2, 0.25) is 11.8 Å². The van der Waals surface area contributed by atoms with Gasteiger partial charge in [0.05, 0.1) is 28.5 Å². The van der Waals surface area contributed by atoms with E-state index >= 15 is 4.39 Å². The van der Waals surface area contributed by atoms with Gasteiger partial charge in [0, 0.05) is 97.2 Å². The fraction of sp³-hybridized carbons (Fsp3) is 0.324. The smallest absolute Gasteiger partial charge is 0.407 e. The SMILES string of the molecule is COc1cc(-c2nccc(-c3cccc(Nc4nccc(CN5CC6(CNC(=O)C6)C5)c4F)c3Cl)c2Cl)ccc1COC(=O)NC[C@@H]1CCC(=O)N1. The highest BCUT2D eigenvalue weighted by Gasteiger charge is 2.48. The van der Waals surface area contributed by atoms with Gasteiger partial charge in [0.1, 0.15) is 12.4 Å². The van der Waals surface area contributed by atoms with Gasteiger partial charge in [0.15, 0.2) is 11.6 Å². The minimum atomic E-state index is -0.606. The molecule has 0 bridgehead atoms. The third-order valence-corrected chi connectivity index (χ3v) is 10.4. The molecule has 15 heteroatoms. The first-order chi connectivity index (χ1) is 25.1. The van der Waals surface area contributed by atoms with Crippen LogP contribution in [0.5, 0.6) is 5.75 Å². The van der Waals surface area contributed by atoms with Gasteiger partial charge in [-0.05, 0) is 30.7 Å². The molecule has 1 atom stereocenters. The number of benzene rings is 2. The monoisotopic (exact) mass is 747 g/mol. The summed E-state index contributed by atoms with van der Waals surface area (Å²) in [5.41, 5.74) is 3.85. The summed E-state index contributed by atoms with van der Waals surface area (Å²) in [5.74, 6) is 0.0788. The molecule has 0 aliphatic carbocycles. The van der Waals surface area contributed by atoms with E-state index in [0.717, 1.165) is 13.1 Å². The molecule has 3 saturated heterocycles. The Labute approximate surface area is 309 Å². The highest BCUT2D eigenvalue weighted by molar-refractivity contribution is 6.39. The van der Waals surface area contributed by atoms with Gasteiger partial charge in [-0.15, -0.1) is 0 Å². The van der Waals surface area contributed by atoms with Gasteiger partial charge in [0.25, 0.3) is 0 Å². The number of hydrogen-bond acceptors (Lipinski definition) is 9. The van der Waals surface area contributed by atoms with Gasteiger partial charge in [-0.1, -0.05) is 47.5 Å². The molecule has 0 saturated carbocycles. The lowest BCUT2D eigenvalue weighted by atomic mass is 9.79. The summed E-state index contributed by atoms with van der Waals surface area (Å²) < 4.78 is 26.7. The summed E-state index contributed by atoms with van der Waals surface area (Å²) in [6.07, 6.45) is 4.19. The summed E-state index contributed by atoms with van der Waals surface area (Å²) in [7, 11) is 1.51. The first-order valence-electron chi connectivity index (χ1n) is 16.8. The number of nitrogens with one attached hydrogen (secondary N) is 4. The maximum atomic E-state index is 15.7. The van der Waals surface area contributed by atoms with Gasteiger partial charge in [-0.2, -0.15) is 0 Å².